The maximum atomic E-state index is 11.4. The topological polar surface area (TPSA) is 78.7 Å². The van der Waals surface area contributed by atoms with E-state index >= 15 is 0 Å². The Bertz CT molecular complexity index is 696. The number of rotatable bonds is 5. The van der Waals surface area contributed by atoms with E-state index in [-0.39, 0.29) is 22.8 Å². The molecule has 108 valence electrons. The maximum absolute atomic E-state index is 11.4. The number of methoxy groups -OCH3 is 1. The van der Waals surface area contributed by atoms with Crippen molar-refractivity contribution in [3.05, 3.63) is 58.1 Å². The number of nitrogens with zero attached hydrogens (tertiary/aromatic N) is 1. The van der Waals surface area contributed by atoms with Gasteiger partial charge in [-0.3, -0.25) is 14.9 Å². The summed E-state index contributed by atoms with van der Waals surface area (Å²) in [7, 11) is 1.50. The summed E-state index contributed by atoms with van der Waals surface area (Å²) in [5, 5.41) is 11.0. The molecule has 0 heterocycles. The summed E-state index contributed by atoms with van der Waals surface area (Å²) in [6.07, 6.45) is 0. The number of Topliss-reactive ketones (excluding diaryl/α,β-unsaturated/α-hetero) is 1. The third kappa shape index (κ3) is 3.17. The summed E-state index contributed by atoms with van der Waals surface area (Å²) >= 11 is 0. The predicted octanol–water partition coefficient (Wildman–Crippen LogP) is 3.60. The van der Waals surface area contributed by atoms with E-state index in [2.05, 4.69) is 0 Å². The summed E-state index contributed by atoms with van der Waals surface area (Å²) in [6.45, 7) is 1.28. The summed E-state index contributed by atoms with van der Waals surface area (Å²) in [5.41, 5.74) is -0.234. The van der Waals surface area contributed by atoms with Crippen molar-refractivity contribution in [2.24, 2.45) is 0 Å². The Morgan fingerprint density at radius 3 is 2.38 bits per heavy atom. The Kier molecular flexibility index (Phi) is 4.18. The first kappa shape index (κ1) is 14.5. The Morgan fingerprint density at radius 1 is 1.14 bits per heavy atom. The fourth-order valence-corrected chi connectivity index (χ4v) is 1.85. The molecule has 0 aliphatic rings. The Morgan fingerprint density at radius 2 is 1.81 bits per heavy atom. The van der Waals surface area contributed by atoms with E-state index in [1.165, 1.54) is 32.2 Å². The number of carbonyl (C=O) groups excluding carboxylic acids is 1. The molecule has 0 fully saturated rings. The average Bonchev–Trinajstić information content (AvgIpc) is 2.47. The highest BCUT2D eigenvalue weighted by Gasteiger charge is 2.19. The smallest absolute Gasteiger partial charge is 0.283 e. The van der Waals surface area contributed by atoms with Gasteiger partial charge in [-0.2, -0.15) is 0 Å². The molecule has 0 aliphatic heterocycles. The Labute approximate surface area is 121 Å². The van der Waals surface area contributed by atoms with Crippen LogP contribution in [0.4, 0.5) is 5.69 Å². The fourth-order valence-electron chi connectivity index (χ4n) is 1.85. The minimum absolute atomic E-state index is 0.0485. The molecule has 0 saturated carbocycles. The Hall–Kier alpha value is -2.89. The first-order valence-electron chi connectivity index (χ1n) is 6.13. The third-order valence-electron chi connectivity index (χ3n) is 2.84. The Balaban J connectivity index is 2.39. The van der Waals surface area contributed by atoms with Crippen LogP contribution in [0.25, 0.3) is 0 Å². The second-order valence-corrected chi connectivity index (χ2v) is 4.25. The van der Waals surface area contributed by atoms with Crippen LogP contribution >= 0.6 is 0 Å². The molecular formula is C15H13NO5. The molecule has 2 rings (SSSR count). The molecule has 0 aromatic heterocycles. The highest BCUT2D eigenvalue weighted by atomic mass is 16.6. The van der Waals surface area contributed by atoms with Gasteiger partial charge in [-0.05, 0) is 31.2 Å². The van der Waals surface area contributed by atoms with E-state index in [0.717, 1.165) is 0 Å². The number of ether oxygens (including phenoxy) is 2. The molecule has 6 nitrogen and oxygen atoms in total. The van der Waals surface area contributed by atoms with Crippen molar-refractivity contribution < 1.29 is 19.2 Å². The van der Waals surface area contributed by atoms with E-state index in [0.29, 0.717) is 11.5 Å². The molecule has 0 amide bonds. The van der Waals surface area contributed by atoms with Crippen LogP contribution in [0, 0.1) is 10.1 Å². The lowest BCUT2D eigenvalue weighted by Crippen LogP contribution is -2.00. The van der Waals surface area contributed by atoms with Crippen LogP contribution in [0.3, 0.4) is 0 Å². The lowest BCUT2D eigenvalue weighted by molar-refractivity contribution is -0.385. The number of nitro groups is 1. The molecule has 0 bridgehead atoms. The molecule has 0 aliphatic carbocycles. The fraction of sp³-hybridized carbons (Fsp3) is 0.133. The molecule has 0 N–H and O–H groups in total. The van der Waals surface area contributed by atoms with E-state index in [4.69, 9.17) is 9.47 Å². The van der Waals surface area contributed by atoms with Crippen LogP contribution < -0.4 is 9.47 Å². The van der Waals surface area contributed by atoms with Crippen LogP contribution in [0.1, 0.15) is 17.3 Å². The second kappa shape index (κ2) is 6.04. The first-order chi connectivity index (χ1) is 10.0. The molecule has 0 atom stereocenters. The van der Waals surface area contributed by atoms with Gasteiger partial charge in [0.1, 0.15) is 5.75 Å². The molecule has 6 heteroatoms. The van der Waals surface area contributed by atoms with E-state index < -0.39 is 4.92 Å². The quantitative estimate of drug-likeness (QED) is 0.477. The molecule has 2 aromatic carbocycles. The van der Waals surface area contributed by atoms with Gasteiger partial charge in [-0.15, -0.1) is 0 Å². The molecule has 0 unspecified atom stereocenters. The van der Waals surface area contributed by atoms with Gasteiger partial charge in [-0.1, -0.05) is 12.1 Å². The van der Waals surface area contributed by atoms with Crippen LogP contribution in [-0.2, 0) is 0 Å². The van der Waals surface area contributed by atoms with Gasteiger partial charge in [0.05, 0.1) is 23.7 Å². The number of benzene rings is 2. The summed E-state index contributed by atoms with van der Waals surface area (Å²) in [6, 6.07) is 11.1. The lowest BCUT2D eigenvalue weighted by Gasteiger charge is -2.10. The van der Waals surface area contributed by atoms with Gasteiger partial charge in [0.2, 0.25) is 0 Å². The molecule has 0 saturated heterocycles. The molecule has 21 heavy (non-hydrogen) atoms. The van der Waals surface area contributed by atoms with E-state index in [1.807, 2.05) is 0 Å². The van der Waals surface area contributed by atoms with E-state index in [1.54, 1.807) is 24.3 Å². The largest absolute Gasteiger partial charge is 0.493 e. The van der Waals surface area contributed by atoms with Gasteiger partial charge >= 0.3 is 0 Å². The van der Waals surface area contributed by atoms with Gasteiger partial charge < -0.3 is 9.47 Å². The zero-order chi connectivity index (χ0) is 15.4. The summed E-state index contributed by atoms with van der Waals surface area (Å²) in [5.74, 6) is 0.836. The second-order valence-electron chi connectivity index (χ2n) is 4.25. The van der Waals surface area contributed by atoms with Gasteiger partial charge in [0, 0.05) is 0 Å². The number of hydrogen-bond donors (Lipinski definition) is 0. The number of hydrogen-bond acceptors (Lipinski definition) is 5. The van der Waals surface area contributed by atoms with Crippen LogP contribution in [-0.4, -0.2) is 17.8 Å². The number of ketones is 1. The van der Waals surface area contributed by atoms with Crippen molar-refractivity contribution in [2.75, 3.05) is 7.11 Å². The van der Waals surface area contributed by atoms with Crippen molar-refractivity contribution >= 4 is 11.5 Å². The van der Waals surface area contributed by atoms with Crippen molar-refractivity contribution in [1.82, 2.24) is 0 Å². The minimum atomic E-state index is -0.605. The highest BCUT2D eigenvalue weighted by molar-refractivity contribution is 5.98. The van der Waals surface area contributed by atoms with Crippen LogP contribution in [0.2, 0.25) is 0 Å². The zero-order valence-corrected chi connectivity index (χ0v) is 11.5. The normalized spacial score (nSPS) is 10.0. The van der Waals surface area contributed by atoms with Crippen molar-refractivity contribution in [2.45, 2.75) is 6.92 Å². The van der Waals surface area contributed by atoms with Gasteiger partial charge in [0.15, 0.2) is 17.3 Å². The number of nitro benzene ring substituents is 1. The lowest BCUT2D eigenvalue weighted by atomic mass is 10.1. The minimum Gasteiger partial charge on any atom is -0.493 e. The molecule has 2 aromatic rings. The molecular weight excluding hydrogens is 274 g/mol. The third-order valence-corrected chi connectivity index (χ3v) is 2.84. The maximum Gasteiger partial charge on any atom is 0.283 e. The van der Waals surface area contributed by atoms with Crippen molar-refractivity contribution in [1.29, 1.82) is 0 Å². The molecule has 0 spiro atoms. The SMILES string of the molecule is COc1ccccc1Oc1ccc(C(C)=O)c([N+](=O)[O-])c1. The highest BCUT2D eigenvalue weighted by Crippen LogP contribution is 2.33. The average molecular weight is 287 g/mol. The van der Waals surface area contributed by atoms with Crippen LogP contribution in [0.15, 0.2) is 42.5 Å². The van der Waals surface area contributed by atoms with Crippen molar-refractivity contribution in [3.8, 4) is 17.2 Å². The molecule has 0 radical (unpaired) electrons. The summed E-state index contributed by atoms with van der Waals surface area (Å²) in [4.78, 5) is 21.8. The van der Waals surface area contributed by atoms with Crippen molar-refractivity contribution in [3.63, 3.8) is 0 Å². The number of para-hydroxylation sites is 2. The van der Waals surface area contributed by atoms with Gasteiger partial charge in [0.25, 0.3) is 5.69 Å². The standard InChI is InChI=1S/C15H13NO5/c1-10(17)12-8-7-11(9-13(12)16(18)19)21-15-6-4-3-5-14(15)20-2/h3-9H,1-2H3. The summed E-state index contributed by atoms with van der Waals surface area (Å²) < 4.78 is 10.7. The van der Waals surface area contributed by atoms with Crippen LogP contribution in [0.5, 0.6) is 17.2 Å². The monoisotopic (exact) mass is 287 g/mol. The van der Waals surface area contributed by atoms with E-state index in [9.17, 15) is 14.9 Å². The number of carbonyl (C=O) groups is 1. The zero-order valence-electron chi connectivity index (χ0n) is 11.5. The first-order valence-corrected chi connectivity index (χ1v) is 6.13. The van der Waals surface area contributed by atoms with Gasteiger partial charge in [-0.25, -0.2) is 0 Å². The predicted molar refractivity (Wildman–Crippen MR) is 76.2 cm³/mol.